The third kappa shape index (κ3) is 4.58. The van der Waals surface area contributed by atoms with Crippen LogP contribution in [0, 0.1) is 23.7 Å². The van der Waals surface area contributed by atoms with Gasteiger partial charge in [0.1, 0.15) is 4.49 Å². The molecule has 3 rings (SSSR count). The molecular formula is C20H26Cl2N2O. The molecule has 1 amide bonds. The van der Waals surface area contributed by atoms with Gasteiger partial charge in [0.2, 0.25) is 5.91 Å². The van der Waals surface area contributed by atoms with Gasteiger partial charge in [0.15, 0.2) is 0 Å². The summed E-state index contributed by atoms with van der Waals surface area (Å²) >= 11 is 11.7. The van der Waals surface area contributed by atoms with Crippen LogP contribution in [0.25, 0.3) is 0 Å². The molecular weight excluding hydrogens is 355 g/mol. The summed E-state index contributed by atoms with van der Waals surface area (Å²) in [4.78, 5) is 17.4. The highest BCUT2D eigenvalue weighted by Crippen LogP contribution is 2.53. The van der Waals surface area contributed by atoms with Crippen LogP contribution in [0.2, 0.25) is 0 Å². The Morgan fingerprint density at radius 2 is 1.80 bits per heavy atom. The fourth-order valence-corrected chi connectivity index (χ4v) is 4.38. The molecule has 25 heavy (non-hydrogen) atoms. The van der Waals surface area contributed by atoms with Crippen molar-refractivity contribution in [3.05, 3.63) is 46.5 Å². The number of halogens is 2. The van der Waals surface area contributed by atoms with E-state index in [9.17, 15) is 4.79 Å². The molecule has 2 fully saturated rings. The largest absolute Gasteiger partial charge is 0.340 e. The Bertz CT molecular complexity index is 620. The predicted molar refractivity (Wildman–Crippen MR) is 103 cm³/mol. The summed E-state index contributed by atoms with van der Waals surface area (Å²) in [6.45, 7) is 8.74. The highest BCUT2D eigenvalue weighted by molar-refractivity contribution is 6.55. The molecule has 1 saturated heterocycles. The van der Waals surface area contributed by atoms with Gasteiger partial charge >= 0.3 is 0 Å². The lowest BCUT2D eigenvalue weighted by Crippen LogP contribution is -2.49. The summed E-state index contributed by atoms with van der Waals surface area (Å²) in [5.41, 5.74) is 1.33. The normalized spacial score (nSPS) is 26.6. The van der Waals surface area contributed by atoms with Gasteiger partial charge in [-0.25, -0.2) is 0 Å². The predicted octanol–water partition coefficient (Wildman–Crippen LogP) is 4.17. The number of hydrogen-bond donors (Lipinski definition) is 0. The topological polar surface area (TPSA) is 23.6 Å². The number of allylic oxidation sites excluding steroid dienone is 1. The zero-order chi connectivity index (χ0) is 18.0. The van der Waals surface area contributed by atoms with Gasteiger partial charge in [0, 0.05) is 38.6 Å². The van der Waals surface area contributed by atoms with Gasteiger partial charge in [0.05, 0.1) is 0 Å². The van der Waals surface area contributed by atoms with Crippen molar-refractivity contribution in [2.75, 3.05) is 26.2 Å². The van der Waals surface area contributed by atoms with Gasteiger partial charge in [-0.2, -0.15) is 0 Å². The smallest absolute Gasteiger partial charge is 0.226 e. The van der Waals surface area contributed by atoms with Crippen molar-refractivity contribution >= 4 is 29.1 Å². The van der Waals surface area contributed by atoms with E-state index in [2.05, 4.69) is 43.0 Å². The molecule has 3 atom stereocenters. The fourth-order valence-electron chi connectivity index (χ4n) is 4.09. The number of carbonyl (C=O) groups is 1. The third-order valence-corrected chi connectivity index (χ3v) is 5.69. The van der Waals surface area contributed by atoms with Crippen LogP contribution in [0.15, 0.2) is 40.9 Å². The highest BCUT2D eigenvalue weighted by atomic mass is 35.5. The van der Waals surface area contributed by atoms with Gasteiger partial charge in [0.25, 0.3) is 0 Å². The number of rotatable bonds is 5. The molecule has 0 aromatic heterocycles. The standard InChI is InChI=1S/C20H26Cl2N2O/c1-14(2)18-16(12-17(21)22)19(18)20(25)24-10-8-23(9-11-24)13-15-6-4-3-5-7-15/h3-7,12,14,16,18-19H,8-11,13H2,1-2H3/t16-,18-,19+/m1/s1. The van der Waals surface area contributed by atoms with E-state index in [1.165, 1.54) is 5.56 Å². The maximum Gasteiger partial charge on any atom is 0.226 e. The zero-order valence-electron chi connectivity index (χ0n) is 14.9. The Morgan fingerprint density at radius 3 is 2.36 bits per heavy atom. The summed E-state index contributed by atoms with van der Waals surface area (Å²) in [6.07, 6.45) is 1.85. The van der Waals surface area contributed by atoms with E-state index in [4.69, 9.17) is 23.2 Å². The second kappa shape index (κ2) is 8.11. The van der Waals surface area contributed by atoms with Crippen molar-refractivity contribution in [3.8, 4) is 0 Å². The third-order valence-electron chi connectivity index (χ3n) is 5.44. The number of amides is 1. The lowest BCUT2D eigenvalue weighted by Gasteiger charge is -2.35. The van der Waals surface area contributed by atoms with Gasteiger partial charge in [-0.3, -0.25) is 9.69 Å². The second-order valence-corrected chi connectivity index (χ2v) is 8.48. The molecule has 3 nitrogen and oxygen atoms in total. The first-order chi connectivity index (χ1) is 12.0. The molecule has 1 aromatic rings. The van der Waals surface area contributed by atoms with E-state index in [-0.39, 0.29) is 22.2 Å². The molecule has 5 heteroatoms. The van der Waals surface area contributed by atoms with Crippen molar-refractivity contribution in [2.24, 2.45) is 23.7 Å². The van der Waals surface area contributed by atoms with Crippen molar-refractivity contribution in [2.45, 2.75) is 20.4 Å². The molecule has 2 aliphatic rings. The van der Waals surface area contributed by atoms with Gasteiger partial charge in [-0.15, -0.1) is 0 Å². The number of benzene rings is 1. The number of carbonyl (C=O) groups excluding carboxylic acids is 1. The second-order valence-electron chi connectivity index (χ2n) is 7.47. The minimum Gasteiger partial charge on any atom is -0.340 e. The van der Waals surface area contributed by atoms with Crippen molar-refractivity contribution in [1.29, 1.82) is 0 Å². The van der Waals surface area contributed by atoms with Crippen molar-refractivity contribution in [1.82, 2.24) is 9.80 Å². The maximum atomic E-state index is 12.9. The first-order valence-electron chi connectivity index (χ1n) is 9.05. The van der Waals surface area contributed by atoms with Crippen LogP contribution in [0.5, 0.6) is 0 Å². The fraction of sp³-hybridized carbons (Fsp3) is 0.550. The lowest BCUT2D eigenvalue weighted by atomic mass is 10.1. The molecule has 0 unspecified atom stereocenters. The molecule has 0 radical (unpaired) electrons. The number of hydrogen-bond acceptors (Lipinski definition) is 2. The van der Waals surface area contributed by atoms with Crippen LogP contribution >= 0.6 is 23.2 Å². The first-order valence-corrected chi connectivity index (χ1v) is 9.81. The van der Waals surface area contributed by atoms with Crippen LogP contribution in [0.1, 0.15) is 19.4 Å². The van der Waals surface area contributed by atoms with E-state index >= 15 is 0 Å². The average molecular weight is 381 g/mol. The minimum absolute atomic E-state index is 0.0492. The number of piperazine rings is 1. The van der Waals surface area contributed by atoms with Gasteiger partial charge in [-0.05, 0) is 29.4 Å². The van der Waals surface area contributed by atoms with E-state index in [0.29, 0.717) is 11.8 Å². The Balaban J connectivity index is 1.54. The molecule has 1 heterocycles. The first kappa shape index (κ1) is 18.8. The minimum atomic E-state index is 0.0492. The molecule has 1 aliphatic carbocycles. The van der Waals surface area contributed by atoms with Crippen molar-refractivity contribution in [3.63, 3.8) is 0 Å². The van der Waals surface area contributed by atoms with Crippen LogP contribution in [-0.4, -0.2) is 41.9 Å². The molecule has 0 N–H and O–H groups in total. The lowest BCUT2D eigenvalue weighted by molar-refractivity contribution is -0.135. The molecule has 1 aromatic carbocycles. The highest BCUT2D eigenvalue weighted by Gasteiger charge is 2.55. The zero-order valence-corrected chi connectivity index (χ0v) is 16.4. The molecule has 0 bridgehead atoms. The van der Waals surface area contributed by atoms with E-state index in [1.807, 2.05) is 17.0 Å². The van der Waals surface area contributed by atoms with Crippen LogP contribution < -0.4 is 0 Å². The number of nitrogens with zero attached hydrogens (tertiary/aromatic N) is 2. The van der Waals surface area contributed by atoms with Crippen LogP contribution in [0.3, 0.4) is 0 Å². The summed E-state index contributed by atoms with van der Waals surface area (Å²) in [6, 6.07) is 10.5. The Labute approximate surface area is 160 Å². The van der Waals surface area contributed by atoms with Gasteiger partial charge < -0.3 is 4.90 Å². The monoisotopic (exact) mass is 380 g/mol. The Hall–Kier alpha value is -1.03. The Morgan fingerprint density at radius 1 is 1.16 bits per heavy atom. The summed E-state index contributed by atoms with van der Waals surface area (Å²) in [5, 5.41) is 0. The van der Waals surface area contributed by atoms with E-state index < -0.39 is 0 Å². The molecule has 0 spiro atoms. The van der Waals surface area contributed by atoms with Crippen LogP contribution in [-0.2, 0) is 11.3 Å². The van der Waals surface area contributed by atoms with Gasteiger partial charge in [-0.1, -0.05) is 67.4 Å². The molecule has 1 aliphatic heterocycles. The molecule has 1 saturated carbocycles. The van der Waals surface area contributed by atoms with E-state index in [1.54, 1.807) is 0 Å². The maximum absolute atomic E-state index is 12.9. The average Bonchev–Trinajstić information content (AvgIpc) is 3.29. The SMILES string of the molecule is CC(C)[C@@H]1[C@@H](C=C(Cl)Cl)[C@@H]1C(=O)N1CCN(Cc2ccccc2)CC1. The summed E-state index contributed by atoms with van der Waals surface area (Å²) in [7, 11) is 0. The van der Waals surface area contributed by atoms with Crippen molar-refractivity contribution < 1.29 is 4.79 Å². The van der Waals surface area contributed by atoms with E-state index in [0.717, 1.165) is 32.7 Å². The van der Waals surface area contributed by atoms with Crippen LogP contribution in [0.4, 0.5) is 0 Å². The summed E-state index contributed by atoms with van der Waals surface area (Å²) in [5.74, 6) is 1.34. The quantitative estimate of drug-likeness (QED) is 0.765. The summed E-state index contributed by atoms with van der Waals surface area (Å²) < 4.78 is 0.277. The Kier molecular flexibility index (Phi) is 6.08. The molecule has 136 valence electrons.